The molecule has 0 saturated heterocycles. The molecule has 18 heavy (non-hydrogen) atoms. The number of amides is 1. The minimum atomic E-state index is -0.249. The normalized spacial score (nSPS) is 24.8. The Labute approximate surface area is 107 Å². The maximum Gasteiger partial charge on any atom is 0.265 e. The Morgan fingerprint density at radius 3 is 2.67 bits per heavy atom. The lowest BCUT2D eigenvalue weighted by atomic mass is 9.98. The van der Waals surface area contributed by atoms with Crippen LogP contribution in [0.1, 0.15) is 36.5 Å². The molecule has 0 unspecified atom stereocenters. The number of hydrogen-bond donors (Lipinski definition) is 3. The van der Waals surface area contributed by atoms with Crippen molar-refractivity contribution >= 4 is 5.91 Å². The first-order valence-electron chi connectivity index (χ1n) is 6.47. The number of hydrazine groups is 1. The Bertz CT molecular complexity index is 394. The number of carbonyl (C=O) groups is 1. The summed E-state index contributed by atoms with van der Waals surface area (Å²) in [5.41, 5.74) is 6.32. The SMILES string of the molecule is C[C@H](NNC(=O)c1ccccc1)[C@@H]1CCC[C@@H]1O. The van der Waals surface area contributed by atoms with Crippen LogP contribution >= 0.6 is 0 Å². The van der Waals surface area contributed by atoms with E-state index in [9.17, 15) is 9.90 Å². The number of nitrogens with one attached hydrogen (secondary N) is 2. The molecule has 0 aliphatic heterocycles. The van der Waals surface area contributed by atoms with E-state index in [1.807, 2.05) is 25.1 Å². The van der Waals surface area contributed by atoms with E-state index >= 15 is 0 Å². The Morgan fingerprint density at radius 1 is 1.33 bits per heavy atom. The second-order valence-corrected chi connectivity index (χ2v) is 4.92. The maximum atomic E-state index is 11.8. The van der Waals surface area contributed by atoms with Crippen molar-refractivity contribution in [1.82, 2.24) is 10.9 Å². The van der Waals surface area contributed by atoms with E-state index in [1.54, 1.807) is 12.1 Å². The number of hydrogen-bond acceptors (Lipinski definition) is 3. The lowest BCUT2D eigenvalue weighted by molar-refractivity contribution is 0.0864. The van der Waals surface area contributed by atoms with Crippen molar-refractivity contribution in [2.75, 3.05) is 0 Å². The van der Waals surface area contributed by atoms with E-state index in [-0.39, 0.29) is 24.0 Å². The first-order chi connectivity index (χ1) is 8.68. The highest BCUT2D eigenvalue weighted by molar-refractivity contribution is 5.93. The van der Waals surface area contributed by atoms with Gasteiger partial charge in [0.05, 0.1) is 6.10 Å². The summed E-state index contributed by atoms with van der Waals surface area (Å²) in [7, 11) is 0. The van der Waals surface area contributed by atoms with Crippen molar-refractivity contribution in [3.63, 3.8) is 0 Å². The van der Waals surface area contributed by atoms with Crippen molar-refractivity contribution in [2.24, 2.45) is 5.92 Å². The molecule has 0 radical (unpaired) electrons. The third kappa shape index (κ3) is 3.09. The van der Waals surface area contributed by atoms with E-state index in [0.29, 0.717) is 5.56 Å². The van der Waals surface area contributed by atoms with Crippen LogP contribution in [0.25, 0.3) is 0 Å². The Kier molecular flexibility index (Phi) is 4.33. The summed E-state index contributed by atoms with van der Waals surface area (Å²) in [5.74, 6) is 0.0796. The quantitative estimate of drug-likeness (QED) is 0.707. The number of aliphatic hydroxyl groups excluding tert-OH is 1. The molecule has 3 atom stereocenters. The summed E-state index contributed by atoms with van der Waals surface area (Å²) in [5, 5.41) is 9.79. The van der Waals surface area contributed by atoms with Gasteiger partial charge in [-0.05, 0) is 31.9 Å². The van der Waals surface area contributed by atoms with Gasteiger partial charge in [0.25, 0.3) is 5.91 Å². The van der Waals surface area contributed by atoms with E-state index < -0.39 is 0 Å². The number of benzene rings is 1. The van der Waals surface area contributed by atoms with Crippen molar-refractivity contribution in [1.29, 1.82) is 0 Å². The number of carbonyl (C=O) groups excluding carboxylic acids is 1. The van der Waals surface area contributed by atoms with Gasteiger partial charge in [0.1, 0.15) is 0 Å². The smallest absolute Gasteiger partial charge is 0.265 e. The van der Waals surface area contributed by atoms with Crippen molar-refractivity contribution in [3.8, 4) is 0 Å². The average molecular weight is 248 g/mol. The van der Waals surface area contributed by atoms with E-state index in [1.165, 1.54) is 0 Å². The zero-order valence-corrected chi connectivity index (χ0v) is 10.6. The third-order valence-corrected chi connectivity index (χ3v) is 3.62. The van der Waals surface area contributed by atoms with Crippen LogP contribution < -0.4 is 10.9 Å². The highest BCUT2D eigenvalue weighted by Gasteiger charge is 2.30. The topological polar surface area (TPSA) is 61.4 Å². The van der Waals surface area contributed by atoms with Gasteiger partial charge in [0.15, 0.2) is 0 Å². The van der Waals surface area contributed by atoms with Gasteiger partial charge in [-0.1, -0.05) is 24.6 Å². The largest absolute Gasteiger partial charge is 0.393 e. The fraction of sp³-hybridized carbons (Fsp3) is 0.500. The fourth-order valence-electron chi connectivity index (χ4n) is 2.50. The zero-order chi connectivity index (χ0) is 13.0. The van der Waals surface area contributed by atoms with Crippen LogP contribution in [0.5, 0.6) is 0 Å². The minimum absolute atomic E-state index is 0.0789. The predicted octanol–water partition coefficient (Wildman–Crippen LogP) is 1.47. The Hall–Kier alpha value is -1.39. The zero-order valence-electron chi connectivity index (χ0n) is 10.6. The molecule has 2 rings (SSSR count). The van der Waals surface area contributed by atoms with E-state index in [4.69, 9.17) is 0 Å². The second kappa shape index (κ2) is 5.98. The van der Waals surface area contributed by atoms with Crippen LogP contribution in [0.3, 0.4) is 0 Å². The third-order valence-electron chi connectivity index (χ3n) is 3.62. The van der Waals surface area contributed by atoms with Gasteiger partial charge in [-0.3, -0.25) is 10.2 Å². The molecule has 98 valence electrons. The van der Waals surface area contributed by atoms with Crippen LogP contribution in [-0.4, -0.2) is 23.2 Å². The van der Waals surface area contributed by atoms with E-state index in [0.717, 1.165) is 19.3 Å². The van der Waals surface area contributed by atoms with Crippen LogP contribution in [0.2, 0.25) is 0 Å². The second-order valence-electron chi connectivity index (χ2n) is 4.92. The fourth-order valence-corrected chi connectivity index (χ4v) is 2.50. The molecule has 0 spiro atoms. The lowest BCUT2D eigenvalue weighted by Crippen LogP contribution is -2.47. The van der Waals surface area contributed by atoms with Gasteiger partial charge in [0, 0.05) is 17.5 Å². The summed E-state index contributed by atoms with van der Waals surface area (Å²) >= 11 is 0. The Balaban J connectivity index is 1.83. The molecular weight excluding hydrogens is 228 g/mol. The van der Waals surface area contributed by atoms with Gasteiger partial charge >= 0.3 is 0 Å². The van der Waals surface area contributed by atoms with Gasteiger partial charge in [-0.2, -0.15) is 0 Å². The maximum absolute atomic E-state index is 11.8. The molecule has 1 fully saturated rings. The lowest BCUT2D eigenvalue weighted by Gasteiger charge is -2.23. The molecule has 1 aliphatic rings. The van der Waals surface area contributed by atoms with Crippen LogP contribution in [0.4, 0.5) is 0 Å². The molecule has 0 aromatic heterocycles. The standard InChI is InChI=1S/C14H20N2O2/c1-10(12-8-5-9-13(12)17)15-16-14(18)11-6-3-2-4-7-11/h2-4,6-7,10,12-13,15,17H,5,8-9H2,1H3,(H,16,18)/t10-,12-,13-/m0/s1. The summed E-state index contributed by atoms with van der Waals surface area (Å²) in [4.78, 5) is 11.8. The molecular formula is C14H20N2O2. The molecule has 1 amide bonds. The van der Waals surface area contributed by atoms with E-state index in [2.05, 4.69) is 10.9 Å². The van der Waals surface area contributed by atoms with Crippen molar-refractivity contribution in [3.05, 3.63) is 35.9 Å². The van der Waals surface area contributed by atoms with Crippen LogP contribution in [0.15, 0.2) is 30.3 Å². The predicted molar refractivity (Wildman–Crippen MR) is 69.9 cm³/mol. The summed E-state index contributed by atoms with van der Waals surface area (Å²) in [6.07, 6.45) is 2.69. The summed E-state index contributed by atoms with van der Waals surface area (Å²) in [6, 6.07) is 9.16. The molecule has 1 aliphatic carbocycles. The number of aliphatic hydroxyl groups is 1. The minimum Gasteiger partial charge on any atom is -0.393 e. The molecule has 0 bridgehead atoms. The Morgan fingerprint density at radius 2 is 2.06 bits per heavy atom. The number of rotatable bonds is 4. The molecule has 4 nitrogen and oxygen atoms in total. The monoisotopic (exact) mass is 248 g/mol. The highest BCUT2D eigenvalue weighted by Crippen LogP contribution is 2.27. The van der Waals surface area contributed by atoms with Gasteiger partial charge in [-0.25, -0.2) is 5.43 Å². The van der Waals surface area contributed by atoms with Crippen LogP contribution in [-0.2, 0) is 0 Å². The van der Waals surface area contributed by atoms with Crippen molar-refractivity contribution < 1.29 is 9.90 Å². The van der Waals surface area contributed by atoms with Gasteiger partial charge in [-0.15, -0.1) is 0 Å². The van der Waals surface area contributed by atoms with Crippen LogP contribution in [0, 0.1) is 5.92 Å². The molecule has 4 heteroatoms. The highest BCUT2D eigenvalue weighted by atomic mass is 16.3. The summed E-state index contributed by atoms with van der Waals surface area (Å²) in [6.45, 7) is 1.99. The van der Waals surface area contributed by atoms with Crippen molar-refractivity contribution in [2.45, 2.75) is 38.3 Å². The first-order valence-corrected chi connectivity index (χ1v) is 6.47. The van der Waals surface area contributed by atoms with Gasteiger partial charge < -0.3 is 5.11 Å². The first kappa shape index (κ1) is 13.1. The molecule has 3 N–H and O–H groups in total. The van der Waals surface area contributed by atoms with Gasteiger partial charge in [0.2, 0.25) is 0 Å². The summed E-state index contributed by atoms with van der Waals surface area (Å²) < 4.78 is 0. The molecule has 1 saturated carbocycles. The molecule has 0 heterocycles. The average Bonchev–Trinajstić information content (AvgIpc) is 2.83. The molecule has 1 aromatic carbocycles. The molecule has 1 aromatic rings.